The quantitative estimate of drug-likeness (QED) is 0.534. The molecule has 32 heavy (non-hydrogen) atoms. The first kappa shape index (κ1) is 24.9. The number of ether oxygens (including phenoxy) is 1. The molecule has 1 aromatic heterocycles. The van der Waals surface area contributed by atoms with Crippen LogP contribution in [0, 0.1) is 12.7 Å². The van der Waals surface area contributed by atoms with E-state index in [0.717, 1.165) is 11.3 Å². The molecule has 0 fully saturated rings. The van der Waals surface area contributed by atoms with Gasteiger partial charge in [-0.15, -0.1) is 0 Å². The average molecular weight is 448 g/mol. The van der Waals surface area contributed by atoms with Crippen molar-refractivity contribution in [3.8, 4) is 0 Å². The lowest BCUT2D eigenvalue weighted by Gasteiger charge is -2.27. The Labute approximate surface area is 187 Å². The lowest BCUT2D eigenvalue weighted by molar-refractivity contribution is -0.141. The van der Waals surface area contributed by atoms with E-state index in [4.69, 9.17) is 9.15 Å². The third-order valence-electron chi connectivity index (χ3n) is 4.58. The number of carbonyl (C=O) groups is 3. The first-order valence-corrected chi connectivity index (χ1v) is 10.6. The molecule has 0 aliphatic rings. The summed E-state index contributed by atoms with van der Waals surface area (Å²) in [4.78, 5) is 40.1. The minimum Gasteiger partial charge on any atom is -0.465 e. The molecule has 0 aliphatic carbocycles. The number of nitrogens with one attached hydrogen (secondary N) is 1. The highest BCUT2D eigenvalue weighted by atomic mass is 19.1. The molecule has 0 bridgehead atoms. The van der Waals surface area contributed by atoms with Gasteiger partial charge in [0.1, 0.15) is 30.4 Å². The van der Waals surface area contributed by atoms with Crippen molar-refractivity contribution < 1.29 is 27.9 Å². The first-order valence-electron chi connectivity index (χ1n) is 10.6. The Hall–Kier alpha value is -3.36. The number of hydrogen-bond acceptors (Lipinski definition) is 5. The van der Waals surface area contributed by atoms with Crippen molar-refractivity contribution >= 4 is 17.9 Å². The topological polar surface area (TPSA) is 92.1 Å². The summed E-state index contributed by atoms with van der Waals surface area (Å²) in [5, 5.41) is 2.49. The summed E-state index contributed by atoms with van der Waals surface area (Å²) < 4.78 is 23.7. The molecule has 8 nitrogen and oxygen atoms in total. The van der Waals surface area contributed by atoms with Gasteiger partial charge in [0, 0.05) is 13.1 Å². The molecule has 0 aliphatic heterocycles. The fourth-order valence-corrected chi connectivity index (χ4v) is 3.06. The van der Waals surface area contributed by atoms with Crippen LogP contribution in [-0.2, 0) is 27.4 Å². The van der Waals surface area contributed by atoms with Crippen LogP contribution in [-0.4, -0.2) is 53.9 Å². The van der Waals surface area contributed by atoms with Crippen molar-refractivity contribution in [1.82, 2.24) is 15.1 Å². The van der Waals surface area contributed by atoms with Crippen LogP contribution < -0.4 is 5.32 Å². The smallest absolute Gasteiger partial charge is 0.325 e. The monoisotopic (exact) mass is 447 g/mol. The maximum Gasteiger partial charge on any atom is 0.325 e. The molecule has 0 spiro atoms. The van der Waals surface area contributed by atoms with Crippen molar-refractivity contribution in [3.05, 3.63) is 59.3 Å². The van der Waals surface area contributed by atoms with Crippen molar-refractivity contribution in [2.24, 2.45) is 0 Å². The van der Waals surface area contributed by atoms with E-state index in [1.165, 1.54) is 17.0 Å². The second-order valence-corrected chi connectivity index (χ2v) is 7.27. The zero-order valence-electron chi connectivity index (χ0n) is 18.7. The maximum atomic E-state index is 13.3. The summed E-state index contributed by atoms with van der Waals surface area (Å²) in [6, 6.07) is 8.96. The van der Waals surface area contributed by atoms with E-state index in [-0.39, 0.29) is 44.5 Å². The van der Waals surface area contributed by atoms with E-state index in [0.29, 0.717) is 18.7 Å². The zero-order valence-corrected chi connectivity index (χ0v) is 18.7. The van der Waals surface area contributed by atoms with Crippen LogP contribution in [0.3, 0.4) is 0 Å². The number of halogens is 1. The van der Waals surface area contributed by atoms with E-state index in [1.54, 1.807) is 30.0 Å². The van der Waals surface area contributed by atoms with Gasteiger partial charge < -0.3 is 24.3 Å². The highest BCUT2D eigenvalue weighted by Gasteiger charge is 2.22. The fraction of sp³-hybridized carbons (Fsp3) is 0.435. The second-order valence-electron chi connectivity index (χ2n) is 7.27. The average Bonchev–Trinajstić information content (AvgIpc) is 3.17. The number of amides is 3. The number of benzene rings is 1. The molecule has 174 valence electrons. The number of furan rings is 1. The summed E-state index contributed by atoms with van der Waals surface area (Å²) in [6.07, 6.45) is 0.634. The number of aryl methyl sites for hydroxylation is 1. The molecule has 1 aromatic carbocycles. The predicted molar refractivity (Wildman–Crippen MR) is 116 cm³/mol. The molecule has 0 radical (unpaired) electrons. The van der Waals surface area contributed by atoms with Crippen LogP contribution in [0.15, 0.2) is 40.8 Å². The van der Waals surface area contributed by atoms with Gasteiger partial charge in [-0.2, -0.15) is 0 Å². The van der Waals surface area contributed by atoms with Gasteiger partial charge in [0.2, 0.25) is 5.91 Å². The van der Waals surface area contributed by atoms with Gasteiger partial charge in [-0.25, -0.2) is 9.18 Å². The Morgan fingerprint density at radius 2 is 1.75 bits per heavy atom. The Kier molecular flexibility index (Phi) is 9.72. The molecule has 3 amide bonds. The maximum absolute atomic E-state index is 13.3. The SMILES string of the molecule is CCCN(CC(=O)N(Cc1ccc(F)cc1)Cc1ccc(C)o1)C(=O)NCC(=O)OCC. The van der Waals surface area contributed by atoms with Crippen molar-refractivity contribution in [1.29, 1.82) is 0 Å². The van der Waals surface area contributed by atoms with Gasteiger partial charge in [-0.3, -0.25) is 9.59 Å². The largest absolute Gasteiger partial charge is 0.465 e. The summed E-state index contributed by atoms with van der Waals surface area (Å²) in [6.45, 7) is 5.91. The number of carbonyl (C=O) groups excluding carboxylic acids is 3. The molecule has 1 heterocycles. The number of urea groups is 1. The Bertz CT molecular complexity index is 897. The normalized spacial score (nSPS) is 10.5. The molecule has 2 aromatic rings. The van der Waals surface area contributed by atoms with E-state index in [9.17, 15) is 18.8 Å². The lowest BCUT2D eigenvalue weighted by Crippen LogP contribution is -2.47. The third kappa shape index (κ3) is 8.05. The summed E-state index contributed by atoms with van der Waals surface area (Å²) in [5.74, 6) is 0.116. The van der Waals surface area contributed by atoms with Gasteiger partial charge >= 0.3 is 12.0 Å². The molecule has 2 rings (SSSR count). The van der Waals surface area contributed by atoms with Crippen LogP contribution in [0.1, 0.15) is 37.4 Å². The second kappa shape index (κ2) is 12.5. The Balaban J connectivity index is 2.11. The van der Waals surface area contributed by atoms with Gasteiger partial charge in [0.15, 0.2) is 0 Å². The lowest BCUT2D eigenvalue weighted by atomic mass is 10.2. The molecule has 0 atom stereocenters. The molecule has 0 saturated heterocycles. The number of esters is 1. The van der Waals surface area contributed by atoms with Crippen molar-refractivity contribution in [2.45, 2.75) is 40.3 Å². The summed E-state index contributed by atoms with van der Waals surface area (Å²) in [7, 11) is 0. The molecule has 9 heteroatoms. The van der Waals surface area contributed by atoms with E-state index in [2.05, 4.69) is 5.32 Å². The minimum absolute atomic E-state index is 0.177. The highest BCUT2D eigenvalue weighted by Crippen LogP contribution is 2.14. The van der Waals surface area contributed by atoms with Crippen LogP contribution in [0.4, 0.5) is 9.18 Å². The van der Waals surface area contributed by atoms with Gasteiger partial charge in [0.05, 0.1) is 13.2 Å². The summed E-state index contributed by atoms with van der Waals surface area (Å²) in [5.41, 5.74) is 0.747. The minimum atomic E-state index is -0.547. The van der Waals surface area contributed by atoms with Crippen LogP contribution >= 0.6 is 0 Å². The summed E-state index contributed by atoms with van der Waals surface area (Å²) >= 11 is 0. The Morgan fingerprint density at radius 1 is 1.03 bits per heavy atom. The number of rotatable bonds is 11. The predicted octanol–water partition coefficient (Wildman–Crippen LogP) is 3.24. The van der Waals surface area contributed by atoms with E-state index in [1.807, 2.05) is 19.9 Å². The molecular weight excluding hydrogens is 417 g/mol. The molecule has 0 saturated carbocycles. The van der Waals surface area contributed by atoms with Crippen molar-refractivity contribution in [2.75, 3.05) is 26.2 Å². The van der Waals surface area contributed by atoms with E-state index < -0.39 is 12.0 Å². The Morgan fingerprint density at radius 3 is 2.34 bits per heavy atom. The number of hydrogen-bond donors (Lipinski definition) is 1. The van der Waals surface area contributed by atoms with Gasteiger partial charge in [-0.05, 0) is 50.1 Å². The fourth-order valence-electron chi connectivity index (χ4n) is 3.06. The zero-order chi connectivity index (χ0) is 23.5. The standard InChI is InChI=1S/C23H30FN3O5/c1-4-12-26(23(30)25-13-22(29)31-5-2)16-21(28)27(15-20-11-6-17(3)32-20)14-18-7-9-19(24)10-8-18/h6-11H,4-5,12-16H2,1-3H3,(H,25,30). The first-order chi connectivity index (χ1) is 15.3. The molecule has 0 unspecified atom stereocenters. The van der Waals surface area contributed by atoms with E-state index >= 15 is 0 Å². The third-order valence-corrected chi connectivity index (χ3v) is 4.58. The number of nitrogens with zero attached hydrogens (tertiary/aromatic N) is 2. The van der Waals surface area contributed by atoms with Gasteiger partial charge in [0.25, 0.3) is 0 Å². The van der Waals surface area contributed by atoms with Crippen LogP contribution in [0.2, 0.25) is 0 Å². The molecule has 1 N–H and O–H groups in total. The highest BCUT2D eigenvalue weighted by molar-refractivity contribution is 5.86. The van der Waals surface area contributed by atoms with Crippen LogP contribution in [0.25, 0.3) is 0 Å². The molecular formula is C23H30FN3O5. The van der Waals surface area contributed by atoms with Crippen molar-refractivity contribution in [3.63, 3.8) is 0 Å². The van der Waals surface area contributed by atoms with Crippen LogP contribution in [0.5, 0.6) is 0 Å². The van der Waals surface area contributed by atoms with Gasteiger partial charge in [-0.1, -0.05) is 19.1 Å².